The first-order valence-electron chi connectivity index (χ1n) is 8.80. The summed E-state index contributed by atoms with van der Waals surface area (Å²) in [6, 6.07) is 1.90. The maximum atomic E-state index is 13.1. The van der Waals surface area contributed by atoms with E-state index in [0.717, 1.165) is 4.90 Å². The molecule has 31 heavy (non-hydrogen) atoms. The van der Waals surface area contributed by atoms with Gasteiger partial charge in [-0.05, 0) is 53.3 Å². The van der Waals surface area contributed by atoms with Gasteiger partial charge in [0.05, 0.1) is 18.2 Å². The molecule has 2 heterocycles. The van der Waals surface area contributed by atoms with E-state index in [1.165, 1.54) is 17.7 Å². The van der Waals surface area contributed by atoms with Crippen LogP contribution in [0.25, 0.3) is 0 Å². The summed E-state index contributed by atoms with van der Waals surface area (Å²) in [5.41, 5.74) is -3.75. The van der Waals surface area contributed by atoms with Gasteiger partial charge in [-0.2, -0.15) is 26.3 Å². The Morgan fingerprint density at radius 3 is 2.06 bits per heavy atom. The van der Waals surface area contributed by atoms with E-state index in [0.29, 0.717) is 12.1 Å². The average Bonchev–Trinajstić information content (AvgIpc) is 2.67. The summed E-state index contributed by atoms with van der Waals surface area (Å²) >= 11 is 1.77. The van der Waals surface area contributed by atoms with Crippen molar-refractivity contribution in [3.8, 4) is 5.75 Å². The fourth-order valence-electron chi connectivity index (χ4n) is 3.35. The first kappa shape index (κ1) is 23.4. The molecule has 0 N–H and O–H groups in total. The Hall–Kier alpha value is -2.25. The molecule has 0 aliphatic carbocycles. The van der Waals surface area contributed by atoms with Crippen molar-refractivity contribution in [1.29, 1.82) is 0 Å². The molecule has 1 aromatic heterocycles. The van der Waals surface area contributed by atoms with E-state index in [4.69, 9.17) is 4.74 Å². The lowest BCUT2D eigenvalue weighted by atomic mass is 10.0. The Labute approximate surface area is 185 Å². The molecule has 12 heteroatoms. The van der Waals surface area contributed by atoms with Crippen LogP contribution in [0.5, 0.6) is 5.75 Å². The molecule has 2 aromatic rings. The molecule has 1 aliphatic heterocycles. The zero-order valence-corrected chi connectivity index (χ0v) is 18.2. The molecule has 0 bridgehead atoms. The lowest BCUT2D eigenvalue weighted by Gasteiger charge is -2.36. The number of carbonyl (C=O) groups is 1. The van der Waals surface area contributed by atoms with Gasteiger partial charge < -0.3 is 14.2 Å². The van der Waals surface area contributed by atoms with Crippen molar-refractivity contribution in [3.05, 3.63) is 60.6 Å². The summed E-state index contributed by atoms with van der Waals surface area (Å²) in [6.45, 7) is 1.10. The third-order valence-corrected chi connectivity index (χ3v) is 5.88. The van der Waals surface area contributed by atoms with Crippen LogP contribution in [0.4, 0.5) is 26.3 Å². The fraction of sp³-hybridized carbons (Fsp3) is 0.368. The van der Waals surface area contributed by atoms with Crippen LogP contribution < -0.4 is 10.3 Å². The molecular weight excluding hydrogens is 545 g/mol. The lowest BCUT2D eigenvalue weighted by molar-refractivity contribution is -0.143. The highest BCUT2D eigenvalue weighted by atomic mass is 127. The summed E-state index contributed by atoms with van der Waals surface area (Å²) in [7, 11) is 1.31. The number of carbonyl (C=O) groups excluding carboxylic acids is 1. The topological polar surface area (TPSA) is 51.5 Å². The van der Waals surface area contributed by atoms with E-state index in [1.54, 1.807) is 29.5 Å². The molecule has 1 amide bonds. The van der Waals surface area contributed by atoms with Crippen LogP contribution in [0, 0.1) is 3.57 Å². The number of hydrogen-bond donors (Lipinski definition) is 0. The molecule has 1 unspecified atom stereocenters. The van der Waals surface area contributed by atoms with Crippen LogP contribution in [-0.2, 0) is 25.4 Å². The first-order valence-corrected chi connectivity index (χ1v) is 9.88. The molecule has 0 saturated carbocycles. The van der Waals surface area contributed by atoms with E-state index in [9.17, 15) is 35.9 Å². The number of rotatable bonds is 3. The van der Waals surface area contributed by atoms with Crippen molar-refractivity contribution in [3.63, 3.8) is 0 Å². The Balaban J connectivity index is 2.05. The molecule has 1 aromatic carbocycles. The molecule has 1 aliphatic rings. The van der Waals surface area contributed by atoms with Gasteiger partial charge in [-0.25, -0.2) is 0 Å². The molecule has 1 atom stereocenters. The minimum atomic E-state index is -4.99. The second-order valence-corrected chi connectivity index (χ2v) is 8.10. The second-order valence-electron chi connectivity index (χ2n) is 7.02. The van der Waals surface area contributed by atoms with E-state index >= 15 is 0 Å². The number of amides is 1. The third-order valence-electron chi connectivity index (χ3n) is 4.89. The van der Waals surface area contributed by atoms with E-state index in [1.807, 2.05) is 0 Å². The fourth-order valence-corrected chi connectivity index (χ4v) is 4.02. The zero-order chi connectivity index (χ0) is 23.3. The molecule has 0 saturated heterocycles. The highest BCUT2D eigenvalue weighted by Gasteiger charge is 2.38. The van der Waals surface area contributed by atoms with Gasteiger partial charge in [-0.3, -0.25) is 9.59 Å². The van der Waals surface area contributed by atoms with Crippen LogP contribution in [0.15, 0.2) is 29.1 Å². The van der Waals surface area contributed by atoms with Crippen molar-refractivity contribution in [2.75, 3.05) is 7.11 Å². The maximum absolute atomic E-state index is 13.1. The predicted octanol–water partition coefficient (Wildman–Crippen LogP) is 4.54. The predicted molar refractivity (Wildman–Crippen MR) is 106 cm³/mol. The van der Waals surface area contributed by atoms with Gasteiger partial charge >= 0.3 is 12.4 Å². The minimum absolute atomic E-state index is 0.0327. The number of halogens is 7. The van der Waals surface area contributed by atoms with Crippen molar-refractivity contribution in [1.82, 2.24) is 9.47 Å². The second kappa shape index (κ2) is 8.02. The van der Waals surface area contributed by atoms with Crippen LogP contribution in [0.2, 0.25) is 0 Å². The normalized spacial score (nSPS) is 17.0. The SMILES string of the molecule is COc1cc2n(c(=O)c1I)CC(C)N(Cc1cc(C(F)(F)F)cc(C(F)(F)F)c1)C2=O. The summed E-state index contributed by atoms with van der Waals surface area (Å²) in [4.78, 5) is 26.6. The molecule has 3 rings (SSSR count). The van der Waals surface area contributed by atoms with Crippen molar-refractivity contribution in [2.24, 2.45) is 0 Å². The number of nitrogens with zero attached hydrogens (tertiary/aromatic N) is 2. The average molecular weight is 560 g/mol. The Bertz CT molecular complexity index is 1060. The van der Waals surface area contributed by atoms with Crippen LogP contribution in [-0.4, -0.2) is 28.5 Å². The number of alkyl halides is 6. The zero-order valence-electron chi connectivity index (χ0n) is 16.1. The van der Waals surface area contributed by atoms with E-state index in [2.05, 4.69) is 0 Å². The number of hydrogen-bond acceptors (Lipinski definition) is 3. The summed E-state index contributed by atoms with van der Waals surface area (Å²) in [5.74, 6) is -0.547. The number of fused-ring (bicyclic) bond motifs is 1. The van der Waals surface area contributed by atoms with Crippen molar-refractivity contribution >= 4 is 28.5 Å². The maximum Gasteiger partial charge on any atom is 0.416 e. The molecular formula is C19H15F6IN2O3. The number of pyridine rings is 1. The van der Waals surface area contributed by atoms with Crippen LogP contribution in [0.3, 0.4) is 0 Å². The quantitative estimate of drug-likeness (QED) is 0.410. The monoisotopic (exact) mass is 560 g/mol. The summed E-state index contributed by atoms with van der Waals surface area (Å²) < 4.78 is 85.3. The number of ether oxygens (including phenoxy) is 1. The van der Waals surface area contributed by atoms with Gasteiger partial charge in [0.1, 0.15) is 15.0 Å². The van der Waals surface area contributed by atoms with E-state index in [-0.39, 0.29) is 33.2 Å². The highest BCUT2D eigenvalue weighted by molar-refractivity contribution is 14.1. The van der Waals surface area contributed by atoms with Crippen LogP contribution >= 0.6 is 22.6 Å². The van der Waals surface area contributed by atoms with Crippen LogP contribution in [0.1, 0.15) is 34.1 Å². The lowest BCUT2D eigenvalue weighted by Crippen LogP contribution is -2.49. The van der Waals surface area contributed by atoms with Crippen molar-refractivity contribution < 1.29 is 35.9 Å². The standard InChI is InChI=1S/C19H15F6IN2O3/c1-9-7-28-13(6-14(31-2)15(26)17(28)30)16(29)27(9)8-10-3-11(18(20,21)22)5-12(4-10)19(23,24)25/h3-6,9H,7-8H2,1-2H3. The van der Waals surface area contributed by atoms with Gasteiger partial charge in [0.15, 0.2) is 0 Å². The first-order chi connectivity index (χ1) is 14.2. The van der Waals surface area contributed by atoms with Gasteiger partial charge in [-0.15, -0.1) is 0 Å². The van der Waals surface area contributed by atoms with Gasteiger partial charge in [0, 0.05) is 25.2 Å². The molecule has 168 valence electrons. The summed E-state index contributed by atoms with van der Waals surface area (Å²) in [6.07, 6.45) is -9.98. The molecule has 0 fully saturated rings. The Morgan fingerprint density at radius 1 is 1.03 bits per heavy atom. The van der Waals surface area contributed by atoms with Crippen molar-refractivity contribution in [2.45, 2.75) is 38.4 Å². The van der Waals surface area contributed by atoms with Gasteiger partial charge in [0.2, 0.25) is 0 Å². The van der Waals surface area contributed by atoms with E-state index < -0.39 is 47.5 Å². The smallest absolute Gasteiger partial charge is 0.416 e. The highest BCUT2D eigenvalue weighted by Crippen LogP contribution is 2.37. The molecule has 5 nitrogen and oxygen atoms in total. The number of benzene rings is 1. The minimum Gasteiger partial charge on any atom is -0.495 e. The third kappa shape index (κ3) is 4.53. The summed E-state index contributed by atoms with van der Waals surface area (Å²) in [5, 5.41) is 0. The number of aromatic nitrogens is 1. The van der Waals surface area contributed by atoms with Gasteiger partial charge in [0.25, 0.3) is 11.5 Å². The number of methoxy groups -OCH3 is 1. The largest absolute Gasteiger partial charge is 0.495 e. The molecule has 0 radical (unpaired) electrons. The van der Waals surface area contributed by atoms with Gasteiger partial charge in [-0.1, -0.05) is 0 Å². The molecule has 0 spiro atoms. The Morgan fingerprint density at radius 2 is 1.58 bits per heavy atom. The Kier molecular flexibility index (Phi) is 6.06.